The largest absolute Gasteiger partial charge is 0.508 e. The van der Waals surface area contributed by atoms with Gasteiger partial charge in [-0.25, -0.2) is 4.39 Å². The van der Waals surface area contributed by atoms with Crippen LogP contribution in [0.4, 0.5) is 23.2 Å². The molecule has 0 bridgehead atoms. The number of nitrogens with one attached hydrogen (secondary N) is 1. The van der Waals surface area contributed by atoms with Crippen LogP contribution in [0.1, 0.15) is 11.1 Å². The van der Waals surface area contributed by atoms with Crippen molar-refractivity contribution in [2.24, 2.45) is 0 Å². The van der Waals surface area contributed by atoms with Crippen LogP contribution in [-0.2, 0) is 12.7 Å². The quantitative estimate of drug-likeness (QED) is 0.758. The first-order valence-corrected chi connectivity index (χ1v) is 6.64. The Kier molecular flexibility index (Phi) is 4.41. The molecule has 0 amide bonds. The maximum atomic E-state index is 13.1. The van der Waals surface area contributed by atoms with Crippen LogP contribution in [0.15, 0.2) is 40.9 Å². The summed E-state index contributed by atoms with van der Waals surface area (Å²) < 4.78 is 51.4. The molecule has 0 saturated carbocycles. The standard InChI is InChI=1S/C14H10BrF4NO/c15-10-4-9(14(17,18)19)5-12(6-10)20-7-8-3-11(16)1-2-13(8)21/h1-6,20-21H,7H2. The second kappa shape index (κ2) is 5.93. The molecular weight excluding hydrogens is 354 g/mol. The number of phenolic OH excluding ortho intramolecular Hbond substituents is 1. The molecule has 2 aromatic carbocycles. The average Bonchev–Trinajstić information content (AvgIpc) is 2.38. The minimum atomic E-state index is -4.46. The SMILES string of the molecule is Oc1ccc(F)cc1CNc1cc(Br)cc(C(F)(F)F)c1. The summed E-state index contributed by atoms with van der Waals surface area (Å²) in [6.45, 7) is -0.00264. The molecule has 2 aromatic rings. The lowest BCUT2D eigenvalue weighted by Gasteiger charge is -2.12. The summed E-state index contributed by atoms with van der Waals surface area (Å²) >= 11 is 3.01. The van der Waals surface area contributed by atoms with E-state index in [0.717, 1.165) is 24.3 Å². The number of anilines is 1. The topological polar surface area (TPSA) is 32.3 Å². The van der Waals surface area contributed by atoms with Crippen LogP contribution in [0.25, 0.3) is 0 Å². The van der Waals surface area contributed by atoms with Gasteiger partial charge in [0.15, 0.2) is 0 Å². The molecule has 2 nitrogen and oxygen atoms in total. The molecule has 0 aliphatic heterocycles. The van der Waals surface area contributed by atoms with Crippen molar-refractivity contribution in [3.05, 3.63) is 57.8 Å². The maximum Gasteiger partial charge on any atom is 0.416 e. The third-order valence-electron chi connectivity index (χ3n) is 2.75. The normalized spacial score (nSPS) is 11.5. The summed E-state index contributed by atoms with van der Waals surface area (Å²) in [6.07, 6.45) is -4.46. The van der Waals surface area contributed by atoms with Crippen molar-refractivity contribution < 1.29 is 22.7 Å². The lowest BCUT2D eigenvalue weighted by Crippen LogP contribution is -2.07. The second-order valence-electron chi connectivity index (χ2n) is 4.35. The van der Waals surface area contributed by atoms with Crippen molar-refractivity contribution in [1.82, 2.24) is 0 Å². The number of alkyl halides is 3. The van der Waals surface area contributed by atoms with Crippen molar-refractivity contribution in [3.63, 3.8) is 0 Å². The summed E-state index contributed by atoms with van der Waals surface area (Å²) in [6, 6.07) is 6.77. The molecule has 0 radical (unpaired) electrons. The fraction of sp³-hybridized carbons (Fsp3) is 0.143. The van der Waals surface area contributed by atoms with Crippen LogP contribution in [0.5, 0.6) is 5.75 Å². The van der Waals surface area contributed by atoms with Gasteiger partial charge >= 0.3 is 6.18 Å². The molecule has 2 N–H and O–H groups in total. The second-order valence-corrected chi connectivity index (χ2v) is 5.27. The van der Waals surface area contributed by atoms with E-state index < -0.39 is 17.6 Å². The first kappa shape index (κ1) is 15.6. The number of rotatable bonds is 3. The molecular formula is C14H10BrF4NO. The van der Waals surface area contributed by atoms with E-state index in [4.69, 9.17) is 0 Å². The molecule has 2 rings (SSSR count). The Morgan fingerprint density at radius 2 is 1.81 bits per heavy atom. The van der Waals surface area contributed by atoms with E-state index in [1.54, 1.807) is 0 Å². The molecule has 0 spiro atoms. The Morgan fingerprint density at radius 1 is 1.10 bits per heavy atom. The van der Waals surface area contributed by atoms with Gasteiger partial charge in [0.1, 0.15) is 11.6 Å². The Bertz CT molecular complexity index is 658. The van der Waals surface area contributed by atoms with Crippen molar-refractivity contribution >= 4 is 21.6 Å². The minimum absolute atomic E-state index is 0.00264. The molecule has 0 aromatic heterocycles. The molecule has 7 heteroatoms. The predicted octanol–water partition coefficient (Wildman–Crippen LogP) is 4.92. The molecule has 0 unspecified atom stereocenters. The van der Waals surface area contributed by atoms with Crippen LogP contribution in [0.3, 0.4) is 0 Å². The fourth-order valence-corrected chi connectivity index (χ4v) is 2.24. The van der Waals surface area contributed by atoms with Gasteiger partial charge in [0.25, 0.3) is 0 Å². The molecule has 0 fully saturated rings. The Morgan fingerprint density at radius 3 is 2.48 bits per heavy atom. The smallest absolute Gasteiger partial charge is 0.416 e. The summed E-state index contributed by atoms with van der Waals surface area (Å²) in [5, 5.41) is 12.3. The summed E-state index contributed by atoms with van der Waals surface area (Å²) in [4.78, 5) is 0. The number of hydrogen-bond donors (Lipinski definition) is 2. The van der Waals surface area contributed by atoms with Gasteiger partial charge in [0, 0.05) is 22.3 Å². The number of hydrogen-bond acceptors (Lipinski definition) is 2. The van der Waals surface area contributed by atoms with Gasteiger partial charge in [-0.2, -0.15) is 13.2 Å². The molecule has 0 heterocycles. The average molecular weight is 364 g/mol. The molecule has 0 atom stereocenters. The van der Waals surface area contributed by atoms with Crippen molar-refractivity contribution in [3.8, 4) is 5.75 Å². The number of benzene rings is 2. The van der Waals surface area contributed by atoms with Gasteiger partial charge < -0.3 is 10.4 Å². The van der Waals surface area contributed by atoms with Gasteiger partial charge in [0.05, 0.1) is 5.56 Å². The third kappa shape index (κ3) is 4.10. The van der Waals surface area contributed by atoms with E-state index in [2.05, 4.69) is 21.2 Å². The van der Waals surface area contributed by atoms with Crippen LogP contribution in [0, 0.1) is 5.82 Å². The van der Waals surface area contributed by atoms with Crippen LogP contribution in [0.2, 0.25) is 0 Å². The number of phenols is 1. The lowest BCUT2D eigenvalue weighted by atomic mass is 10.1. The highest BCUT2D eigenvalue weighted by atomic mass is 79.9. The zero-order valence-corrected chi connectivity index (χ0v) is 12.1. The zero-order chi connectivity index (χ0) is 15.6. The van der Waals surface area contributed by atoms with Crippen LogP contribution in [-0.4, -0.2) is 5.11 Å². The van der Waals surface area contributed by atoms with Crippen LogP contribution < -0.4 is 5.32 Å². The zero-order valence-electron chi connectivity index (χ0n) is 10.5. The van der Waals surface area contributed by atoms with E-state index in [-0.39, 0.29) is 28.0 Å². The molecule has 21 heavy (non-hydrogen) atoms. The van der Waals surface area contributed by atoms with Crippen LogP contribution >= 0.6 is 15.9 Å². The predicted molar refractivity (Wildman–Crippen MR) is 74.5 cm³/mol. The summed E-state index contributed by atoms with van der Waals surface area (Å²) in [5.74, 6) is -0.662. The Labute approximate surface area is 126 Å². The first-order valence-electron chi connectivity index (χ1n) is 5.85. The highest BCUT2D eigenvalue weighted by Crippen LogP contribution is 2.33. The molecule has 112 valence electrons. The van der Waals surface area contributed by atoms with E-state index in [1.807, 2.05) is 0 Å². The number of aromatic hydroxyl groups is 1. The molecule has 0 saturated heterocycles. The molecule has 0 aliphatic rings. The Hall–Kier alpha value is -1.76. The van der Waals surface area contributed by atoms with Gasteiger partial charge in [-0.3, -0.25) is 0 Å². The van der Waals surface area contributed by atoms with Crippen molar-refractivity contribution in [2.75, 3.05) is 5.32 Å². The summed E-state index contributed by atoms with van der Waals surface area (Å²) in [5.41, 5.74) is -0.341. The highest BCUT2D eigenvalue weighted by Gasteiger charge is 2.31. The van der Waals surface area contributed by atoms with Gasteiger partial charge in [0.2, 0.25) is 0 Å². The highest BCUT2D eigenvalue weighted by molar-refractivity contribution is 9.10. The minimum Gasteiger partial charge on any atom is -0.508 e. The van der Waals surface area contributed by atoms with Crippen molar-refractivity contribution in [1.29, 1.82) is 0 Å². The summed E-state index contributed by atoms with van der Waals surface area (Å²) in [7, 11) is 0. The lowest BCUT2D eigenvalue weighted by molar-refractivity contribution is -0.137. The van der Waals surface area contributed by atoms with Gasteiger partial charge in [-0.05, 0) is 36.4 Å². The third-order valence-corrected chi connectivity index (χ3v) is 3.21. The van der Waals surface area contributed by atoms with E-state index in [1.165, 1.54) is 12.1 Å². The first-order chi connectivity index (χ1) is 9.75. The monoisotopic (exact) mass is 363 g/mol. The van der Waals surface area contributed by atoms with E-state index >= 15 is 0 Å². The fourth-order valence-electron chi connectivity index (χ4n) is 1.75. The maximum absolute atomic E-state index is 13.1. The number of halogens is 5. The van der Waals surface area contributed by atoms with Gasteiger partial charge in [-0.1, -0.05) is 15.9 Å². The van der Waals surface area contributed by atoms with Crippen molar-refractivity contribution in [2.45, 2.75) is 12.7 Å². The van der Waals surface area contributed by atoms with E-state index in [0.29, 0.717) is 0 Å². The molecule has 0 aliphatic carbocycles. The van der Waals surface area contributed by atoms with Gasteiger partial charge in [-0.15, -0.1) is 0 Å². The Balaban J connectivity index is 2.20. The van der Waals surface area contributed by atoms with E-state index in [9.17, 15) is 22.7 Å².